The van der Waals surface area contributed by atoms with E-state index in [1.54, 1.807) is 6.92 Å². The molecule has 118 valence electrons. The van der Waals surface area contributed by atoms with Gasteiger partial charge in [-0.15, -0.1) is 0 Å². The third kappa shape index (κ3) is 1.23. The number of rotatable bonds is 2. The first-order chi connectivity index (χ1) is 10.4. The molecule has 1 aliphatic heterocycles. The number of nitrogen functional groups attached to an aromatic ring is 1. The minimum Gasteiger partial charge on any atom is -0.394 e. The summed E-state index contributed by atoms with van der Waals surface area (Å²) in [5, 5.41) is 30.2. The molecular formula is C12H15N5O5. The van der Waals surface area contributed by atoms with E-state index in [4.69, 9.17) is 10.5 Å². The summed E-state index contributed by atoms with van der Waals surface area (Å²) in [5.41, 5.74) is 2.33. The van der Waals surface area contributed by atoms with Gasteiger partial charge in [0.25, 0.3) is 5.56 Å². The van der Waals surface area contributed by atoms with Gasteiger partial charge in [-0.05, 0) is 0 Å². The molecule has 2 aromatic rings. The van der Waals surface area contributed by atoms with Gasteiger partial charge in [-0.3, -0.25) is 14.3 Å². The molecule has 10 nitrogen and oxygen atoms in total. The Labute approximate surface area is 123 Å². The lowest BCUT2D eigenvalue weighted by molar-refractivity contribution is -0.0982. The molecule has 4 rings (SSSR count). The van der Waals surface area contributed by atoms with E-state index in [1.807, 2.05) is 0 Å². The Morgan fingerprint density at radius 1 is 1.59 bits per heavy atom. The van der Waals surface area contributed by atoms with Gasteiger partial charge in [0.15, 0.2) is 16.9 Å². The first kappa shape index (κ1) is 13.6. The summed E-state index contributed by atoms with van der Waals surface area (Å²) < 4.78 is 7.11. The lowest BCUT2D eigenvalue weighted by Crippen LogP contribution is -2.38. The number of imidazole rings is 1. The zero-order chi connectivity index (χ0) is 15.9. The van der Waals surface area contributed by atoms with Crippen molar-refractivity contribution in [1.29, 1.82) is 0 Å². The molecular weight excluding hydrogens is 294 g/mol. The van der Waals surface area contributed by atoms with Crippen LogP contribution in [-0.4, -0.2) is 59.3 Å². The fourth-order valence-corrected chi connectivity index (χ4v) is 3.63. The summed E-state index contributed by atoms with van der Waals surface area (Å²) in [7, 11) is 0. The van der Waals surface area contributed by atoms with E-state index in [0.717, 1.165) is 0 Å². The third-order valence-electron chi connectivity index (χ3n) is 4.83. The van der Waals surface area contributed by atoms with Crippen LogP contribution < -0.4 is 11.3 Å². The summed E-state index contributed by atoms with van der Waals surface area (Å²) in [6.07, 6.45) is -0.880. The summed E-state index contributed by atoms with van der Waals surface area (Å²) in [5.74, 6) is -0.567. The molecule has 0 spiro atoms. The number of fused-ring (bicyclic) bond motifs is 2. The number of hydrogen-bond donors (Lipinski definition) is 5. The number of anilines is 1. The standard InChI is InChI=1S/C12H15N5O5/c1-4-11(21)7(19)5(2-18)22-12(4,11)17-3-14-6-8(17)15-10(13)16-9(6)20/h3-5,7,18-19,21H,2H2,1H3,(H3,13,15,16,20)/t4?,5-,7?,11-,12?/m1/s1. The highest BCUT2D eigenvalue weighted by atomic mass is 16.6. The van der Waals surface area contributed by atoms with Crippen LogP contribution in [0.4, 0.5) is 5.95 Å². The normalized spacial score (nSPS) is 40.1. The maximum atomic E-state index is 11.8. The highest BCUT2D eigenvalue weighted by molar-refractivity contribution is 5.71. The molecule has 6 N–H and O–H groups in total. The van der Waals surface area contributed by atoms with Gasteiger partial charge in [0.1, 0.15) is 17.8 Å². The zero-order valence-corrected chi connectivity index (χ0v) is 11.6. The highest BCUT2D eigenvalue weighted by Crippen LogP contribution is 2.67. The molecule has 0 aromatic carbocycles. The van der Waals surface area contributed by atoms with E-state index in [1.165, 1.54) is 10.9 Å². The van der Waals surface area contributed by atoms with Crippen LogP contribution in [0.25, 0.3) is 11.2 Å². The van der Waals surface area contributed by atoms with Crippen molar-refractivity contribution in [2.75, 3.05) is 12.3 Å². The van der Waals surface area contributed by atoms with Crippen molar-refractivity contribution in [3.63, 3.8) is 0 Å². The number of aromatic nitrogens is 4. The van der Waals surface area contributed by atoms with Crippen molar-refractivity contribution < 1.29 is 20.1 Å². The highest BCUT2D eigenvalue weighted by Gasteiger charge is 2.86. The fraction of sp³-hybridized carbons (Fsp3) is 0.583. The van der Waals surface area contributed by atoms with Gasteiger partial charge >= 0.3 is 0 Å². The summed E-state index contributed by atoms with van der Waals surface area (Å²) in [4.78, 5) is 22.2. The topological polar surface area (TPSA) is 160 Å². The van der Waals surface area contributed by atoms with Crippen molar-refractivity contribution in [3.05, 3.63) is 16.7 Å². The second-order valence-corrected chi connectivity index (χ2v) is 5.77. The maximum Gasteiger partial charge on any atom is 0.280 e. The number of aliphatic hydroxyl groups is 3. The first-order valence-electron chi connectivity index (χ1n) is 6.80. The van der Waals surface area contributed by atoms with Crippen molar-refractivity contribution in [3.8, 4) is 0 Å². The van der Waals surface area contributed by atoms with Crippen molar-refractivity contribution in [2.45, 2.75) is 30.5 Å². The van der Waals surface area contributed by atoms with E-state index in [0.29, 0.717) is 0 Å². The SMILES string of the molecule is CC1C2(n3cnc4c(=O)[nH]c(N)nc43)O[C@H](CO)C(O)[C@]12O. The predicted octanol–water partition coefficient (Wildman–Crippen LogP) is -2.51. The number of nitrogens with two attached hydrogens (primary N) is 1. The summed E-state index contributed by atoms with van der Waals surface area (Å²) in [6, 6.07) is 0. The van der Waals surface area contributed by atoms with Crippen LogP contribution >= 0.6 is 0 Å². The van der Waals surface area contributed by atoms with Crippen LogP contribution in [0.3, 0.4) is 0 Å². The minimum absolute atomic E-state index is 0.0514. The van der Waals surface area contributed by atoms with Crippen LogP contribution in [0, 0.1) is 5.92 Å². The number of nitrogens with one attached hydrogen (secondary N) is 1. The molecule has 3 unspecified atom stereocenters. The largest absolute Gasteiger partial charge is 0.394 e. The monoisotopic (exact) mass is 309 g/mol. The van der Waals surface area contributed by atoms with Crippen LogP contribution in [-0.2, 0) is 10.5 Å². The van der Waals surface area contributed by atoms with Crippen molar-refractivity contribution >= 4 is 17.1 Å². The average molecular weight is 309 g/mol. The van der Waals surface area contributed by atoms with Gasteiger partial charge in [0.05, 0.1) is 12.9 Å². The molecule has 22 heavy (non-hydrogen) atoms. The first-order valence-corrected chi connectivity index (χ1v) is 6.80. The van der Waals surface area contributed by atoms with Gasteiger partial charge < -0.3 is 25.8 Å². The fourth-order valence-electron chi connectivity index (χ4n) is 3.63. The number of H-pyrrole nitrogens is 1. The second kappa shape index (κ2) is 3.84. The molecule has 10 heteroatoms. The van der Waals surface area contributed by atoms with Crippen LogP contribution in [0.5, 0.6) is 0 Å². The number of hydrogen-bond acceptors (Lipinski definition) is 8. The number of ether oxygens (including phenoxy) is 1. The lowest BCUT2D eigenvalue weighted by atomic mass is 10.1. The number of aliphatic hydroxyl groups excluding tert-OH is 2. The Kier molecular flexibility index (Phi) is 2.38. The molecule has 3 heterocycles. The second-order valence-electron chi connectivity index (χ2n) is 5.77. The Bertz CT molecular complexity index is 833. The molecule has 1 saturated carbocycles. The predicted molar refractivity (Wildman–Crippen MR) is 72.6 cm³/mol. The molecule has 2 aromatic heterocycles. The Morgan fingerprint density at radius 3 is 3.00 bits per heavy atom. The molecule has 2 fully saturated rings. The lowest BCUT2D eigenvalue weighted by Gasteiger charge is -2.20. The Morgan fingerprint density at radius 2 is 2.32 bits per heavy atom. The van der Waals surface area contributed by atoms with Gasteiger partial charge in [-0.25, -0.2) is 4.98 Å². The Hall–Kier alpha value is -2.01. The van der Waals surface area contributed by atoms with Gasteiger partial charge in [0, 0.05) is 5.92 Å². The van der Waals surface area contributed by atoms with Crippen LogP contribution in [0.2, 0.25) is 0 Å². The van der Waals surface area contributed by atoms with E-state index < -0.39 is 41.6 Å². The summed E-state index contributed by atoms with van der Waals surface area (Å²) >= 11 is 0. The minimum atomic E-state index is -1.59. The van der Waals surface area contributed by atoms with E-state index in [-0.39, 0.29) is 17.1 Å². The van der Waals surface area contributed by atoms with E-state index in [9.17, 15) is 20.1 Å². The molecule has 1 aliphatic carbocycles. The van der Waals surface area contributed by atoms with Crippen molar-refractivity contribution in [1.82, 2.24) is 19.5 Å². The molecule has 2 aliphatic rings. The molecule has 0 amide bonds. The van der Waals surface area contributed by atoms with Crippen LogP contribution in [0.1, 0.15) is 6.92 Å². The third-order valence-corrected chi connectivity index (χ3v) is 4.83. The number of aromatic amines is 1. The van der Waals surface area contributed by atoms with Crippen molar-refractivity contribution in [2.24, 2.45) is 5.92 Å². The van der Waals surface area contributed by atoms with Gasteiger partial charge in [-0.1, -0.05) is 6.92 Å². The molecule has 0 radical (unpaired) electrons. The molecule has 1 saturated heterocycles. The molecule has 0 bridgehead atoms. The Balaban J connectivity index is 1.95. The van der Waals surface area contributed by atoms with E-state index >= 15 is 0 Å². The van der Waals surface area contributed by atoms with Crippen LogP contribution in [0.15, 0.2) is 11.1 Å². The molecule has 5 atom stereocenters. The van der Waals surface area contributed by atoms with E-state index in [2.05, 4.69) is 15.0 Å². The smallest absolute Gasteiger partial charge is 0.280 e. The average Bonchev–Trinajstić information content (AvgIpc) is 2.82. The zero-order valence-electron chi connectivity index (χ0n) is 11.6. The summed E-state index contributed by atoms with van der Waals surface area (Å²) in [6.45, 7) is 1.25. The van der Waals surface area contributed by atoms with Gasteiger partial charge in [-0.2, -0.15) is 4.98 Å². The maximum absolute atomic E-state index is 11.8. The quantitative estimate of drug-likeness (QED) is 0.406. The number of nitrogens with zero attached hydrogens (tertiary/aromatic N) is 3. The van der Waals surface area contributed by atoms with Gasteiger partial charge in [0.2, 0.25) is 5.95 Å².